The minimum absolute atomic E-state index is 0.0784. The third kappa shape index (κ3) is 4.03. The second kappa shape index (κ2) is 7.55. The van der Waals surface area contributed by atoms with E-state index in [0.29, 0.717) is 36.1 Å². The SMILES string of the molecule is O=C1C[C@@H](C(=O)Nc2ccc3c(c2)OCCO3)N=C(Nc2ccc(F)cc2)N1. The van der Waals surface area contributed by atoms with Crippen LogP contribution in [0, 0.1) is 5.82 Å². The zero-order valence-corrected chi connectivity index (χ0v) is 14.7. The Kier molecular flexibility index (Phi) is 4.79. The molecule has 4 rings (SSSR count). The van der Waals surface area contributed by atoms with Gasteiger partial charge in [0.05, 0.1) is 6.42 Å². The summed E-state index contributed by atoms with van der Waals surface area (Å²) in [4.78, 5) is 28.8. The average molecular weight is 384 g/mol. The molecule has 1 atom stereocenters. The Morgan fingerprint density at radius 1 is 1.07 bits per heavy atom. The van der Waals surface area contributed by atoms with E-state index in [1.807, 2.05) is 0 Å². The van der Waals surface area contributed by atoms with Gasteiger partial charge in [0.25, 0.3) is 0 Å². The maximum Gasteiger partial charge on any atom is 0.249 e. The lowest BCUT2D eigenvalue weighted by atomic mass is 10.1. The summed E-state index contributed by atoms with van der Waals surface area (Å²) in [7, 11) is 0. The fourth-order valence-corrected chi connectivity index (χ4v) is 2.82. The number of ether oxygens (including phenoxy) is 2. The second-order valence-electron chi connectivity index (χ2n) is 6.23. The quantitative estimate of drug-likeness (QED) is 0.750. The number of aliphatic imine (C=N–C) groups is 1. The van der Waals surface area contributed by atoms with Crippen LogP contribution in [0.3, 0.4) is 0 Å². The summed E-state index contributed by atoms with van der Waals surface area (Å²) < 4.78 is 24.0. The van der Waals surface area contributed by atoms with Gasteiger partial charge in [-0.05, 0) is 36.4 Å². The van der Waals surface area contributed by atoms with Crippen molar-refractivity contribution >= 4 is 29.1 Å². The number of amides is 2. The predicted octanol–water partition coefficient (Wildman–Crippen LogP) is 1.89. The average Bonchev–Trinajstić information content (AvgIpc) is 2.69. The van der Waals surface area contributed by atoms with Crippen molar-refractivity contribution in [1.82, 2.24) is 5.32 Å². The van der Waals surface area contributed by atoms with Crippen LogP contribution < -0.4 is 25.4 Å². The Balaban J connectivity index is 1.46. The van der Waals surface area contributed by atoms with Crippen LogP contribution in [-0.2, 0) is 9.59 Å². The number of anilines is 2. The number of benzene rings is 2. The Morgan fingerprint density at radius 2 is 1.79 bits per heavy atom. The molecule has 8 nitrogen and oxygen atoms in total. The van der Waals surface area contributed by atoms with Crippen LogP contribution in [0.1, 0.15) is 6.42 Å². The third-order valence-corrected chi connectivity index (χ3v) is 4.14. The minimum atomic E-state index is -0.898. The lowest BCUT2D eigenvalue weighted by molar-refractivity contribution is -0.124. The topological polar surface area (TPSA) is 101 Å². The fraction of sp³-hybridized carbons (Fsp3) is 0.211. The number of hydrogen-bond acceptors (Lipinski definition) is 6. The highest BCUT2D eigenvalue weighted by molar-refractivity contribution is 6.10. The number of guanidine groups is 1. The summed E-state index contributed by atoms with van der Waals surface area (Å²) >= 11 is 0. The van der Waals surface area contributed by atoms with Crippen molar-refractivity contribution in [3.8, 4) is 11.5 Å². The van der Waals surface area contributed by atoms with E-state index in [1.54, 1.807) is 18.2 Å². The van der Waals surface area contributed by atoms with Crippen molar-refractivity contribution in [2.45, 2.75) is 12.5 Å². The molecule has 0 bridgehead atoms. The highest BCUT2D eigenvalue weighted by atomic mass is 19.1. The Labute approximate surface area is 159 Å². The normalized spacial score (nSPS) is 18.0. The fourth-order valence-electron chi connectivity index (χ4n) is 2.82. The molecule has 9 heteroatoms. The molecule has 2 aliphatic heterocycles. The number of hydrogen-bond donors (Lipinski definition) is 3. The van der Waals surface area contributed by atoms with Crippen LogP contribution in [0.2, 0.25) is 0 Å². The second-order valence-corrected chi connectivity index (χ2v) is 6.23. The van der Waals surface area contributed by atoms with E-state index in [2.05, 4.69) is 20.9 Å². The number of rotatable bonds is 3. The van der Waals surface area contributed by atoms with Gasteiger partial charge in [-0.2, -0.15) is 0 Å². The van der Waals surface area contributed by atoms with Crippen molar-refractivity contribution in [2.24, 2.45) is 4.99 Å². The van der Waals surface area contributed by atoms with Gasteiger partial charge in [-0.15, -0.1) is 0 Å². The smallest absolute Gasteiger partial charge is 0.249 e. The van der Waals surface area contributed by atoms with Gasteiger partial charge in [0, 0.05) is 17.4 Å². The molecule has 2 aliphatic rings. The van der Waals surface area contributed by atoms with Gasteiger partial charge in [-0.3, -0.25) is 14.9 Å². The lowest BCUT2D eigenvalue weighted by Crippen LogP contribution is -2.45. The molecular weight excluding hydrogens is 367 g/mol. The third-order valence-electron chi connectivity index (χ3n) is 4.14. The van der Waals surface area contributed by atoms with E-state index in [-0.39, 0.29) is 24.1 Å². The highest BCUT2D eigenvalue weighted by Crippen LogP contribution is 2.32. The number of nitrogens with zero attached hydrogens (tertiary/aromatic N) is 1. The van der Waals surface area contributed by atoms with Gasteiger partial charge < -0.3 is 20.1 Å². The molecule has 0 aliphatic carbocycles. The van der Waals surface area contributed by atoms with E-state index >= 15 is 0 Å². The maximum absolute atomic E-state index is 13.0. The summed E-state index contributed by atoms with van der Waals surface area (Å²) in [6, 6.07) is 9.73. The van der Waals surface area contributed by atoms with Gasteiger partial charge in [0.1, 0.15) is 25.1 Å². The van der Waals surface area contributed by atoms with Crippen LogP contribution in [-0.4, -0.2) is 37.0 Å². The Morgan fingerprint density at radius 3 is 2.57 bits per heavy atom. The molecule has 2 heterocycles. The van der Waals surface area contributed by atoms with Gasteiger partial charge in [0.15, 0.2) is 11.5 Å². The molecule has 2 aromatic carbocycles. The molecule has 0 aromatic heterocycles. The zero-order chi connectivity index (χ0) is 19.5. The van der Waals surface area contributed by atoms with E-state index in [1.165, 1.54) is 24.3 Å². The molecule has 0 fully saturated rings. The number of halogens is 1. The predicted molar refractivity (Wildman–Crippen MR) is 100 cm³/mol. The molecular formula is C19H17FN4O4. The first-order chi connectivity index (χ1) is 13.6. The molecule has 0 unspecified atom stereocenters. The number of carbonyl (C=O) groups excluding carboxylic acids is 2. The van der Waals surface area contributed by atoms with E-state index in [4.69, 9.17) is 9.47 Å². The number of fused-ring (bicyclic) bond motifs is 1. The molecule has 28 heavy (non-hydrogen) atoms. The monoisotopic (exact) mass is 384 g/mol. The van der Waals surface area contributed by atoms with Gasteiger partial charge >= 0.3 is 0 Å². The first-order valence-corrected chi connectivity index (χ1v) is 8.67. The summed E-state index contributed by atoms with van der Waals surface area (Å²) in [6.07, 6.45) is -0.0784. The van der Waals surface area contributed by atoms with Gasteiger partial charge in [-0.1, -0.05) is 0 Å². The zero-order valence-electron chi connectivity index (χ0n) is 14.7. The first kappa shape index (κ1) is 17.8. The first-order valence-electron chi connectivity index (χ1n) is 8.67. The van der Waals surface area contributed by atoms with Crippen molar-refractivity contribution in [1.29, 1.82) is 0 Å². The van der Waals surface area contributed by atoms with Crippen LogP contribution in [0.15, 0.2) is 47.5 Å². The van der Waals surface area contributed by atoms with Crippen molar-refractivity contribution in [2.75, 3.05) is 23.8 Å². The standard InChI is InChI=1S/C19H17FN4O4/c20-11-1-3-12(4-2-11)22-19-23-14(10-17(25)24-19)18(26)21-13-5-6-15-16(9-13)28-8-7-27-15/h1-6,9,14H,7-8,10H2,(H,21,26)(H2,22,23,24,25)/t14-/m0/s1. The van der Waals surface area contributed by atoms with Crippen LogP contribution in [0.4, 0.5) is 15.8 Å². The number of carbonyl (C=O) groups is 2. The van der Waals surface area contributed by atoms with Crippen LogP contribution in [0.25, 0.3) is 0 Å². The van der Waals surface area contributed by atoms with E-state index in [0.717, 1.165) is 0 Å². The molecule has 0 saturated heterocycles. The maximum atomic E-state index is 13.0. The Hall–Kier alpha value is -3.62. The van der Waals surface area contributed by atoms with Crippen LogP contribution in [0.5, 0.6) is 11.5 Å². The molecule has 144 valence electrons. The lowest BCUT2D eigenvalue weighted by Gasteiger charge is -2.22. The molecule has 0 radical (unpaired) electrons. The van der Waals surface area contributed by atoms with Crippen LogP contribution >= 0.6 is 0 Å². The molecule has 2 aromatic rings. The number of nitrogens with one attached hydrogen (secondary N) is 3. The molecule has 3 N–H and O–H groups in total. The molecule has 2 amide bonds. The van der Waals surface area contributed by atoms with E-state index < -0.39 is 11.9 Å². The Bertz CT molecular complexity index is 945. The summed E-state index contributed by atoms with van der Waals surface area (Å²) in [5, 5.41) is 8.16. The highest BCUT2D eigenvalue weighted by Gasteiger charge is 2.27. The van der Waals surface area contributed by atoms with Crippen molar-refractivity contribution < 1.29 is 23.5 Å². The summed E-state index contributed by atoms with van der Waals surface area (Å²) in [5.41, 5.74) is 1.05. The largest absolute Gasteiger partial charge is 0.486 e. The molecule has 0 spiro atoms. The van der Waals surface area contributed by atoms with Gasteiger partial charge in [-0.25, -0.2) is 9.38 Å². The molecule has 0 saturated carbocycles. The van der Waals surface area contributed by atoms with Crippen molar-refractivity contribution in [3.63, 3.8) is 0 Å². The van der Waals surface area contributed by atoms with E-state index in [9.17, 15) is 14.0 Å². The van der Waals surface area contributed by atoms with Crippen molar-refractivity contribution in [3.05, 3.63) is 48.3 Å². The summed E-state index contributed by atoms with van der Waals surface area (Å²) in [6.45, 7) is 0.921. The minimum Gasteiger partial charge on any atom is -0.486 e. The summed E-state index contributed by atoms with van der Waals surface area (Å²) in [5.74, 6) is 0.145. The van der Waals surface area contributed by atoms with Gasteiger partial charge in [0.2, 0.25) is 17.8 Å².